The molecule has 1 fully saturated rings. The number of rotatable bonds is 3. The highest BCUT2D eigenvalue weighted by atomic mass is 35.5. The van der Waals surface area contributed by atoms with Crippen LogP contribution in [0.2, 0.25) is 0 Å². The first kappa shape index (κ1) is 25.0. The second-order valence-corrected chi connectivity index (χ2v) is 5.38. The van der Waals surface area contributed by atoms with Crippen molar-refractivity contribution in [1.29, 1.82) is 0 Å². The Morgan fingerprint density at radius 1 is 1.00 bits per heavy atom. The van der Waals surface area contributed by atoms with Crippen molar-refractivity contribution in [1.82, 2.24) is 10.2 Å². The van der Waals surface area contributed by atoms with Crippen LogP contribution < -0.4 is 5.32 Å². The molecule has 1 atom stereocenters. The lowest BCUT2D eigenvalue weighted by molar-refractivity contribution is -0.144. The molecule has 2 rings (SSSR count). The lowest BCUT2D eigenvalue weighted by Crippen LogP contribution is -2.45. The highest BCUT2D eigenvalue weighted by Gasteiger charge is 2.41. The summed E-state index contributed by atoms with van der Waals surface area (Å²) in [5.41, 5.74) is -4.12. The van der Waals surface area contributed by atoms with Gasteiger partial charge in [0.25, 0.3) is 0 Å². The molecule has 0 saturated carbocycles. The van der Waals surface area contributed by atoms with Crippen LogP contribution in [0.3, 0.4) is 0 Å². The highest BCUT2D eigenvalue weighted by Crippen LogP contribution is 2.42. The predicted octanol–water partition coefficient (Wildman–Crippen LogP) is 4.84. The summed E-state index contributed by atoms with van der Waals surface area (Å²) in [6.07, 6.45) is -9.07. The maximum Gasteiger partial charge on any atom is 0.416 e. The van der Waals surface area contributed by atoms with E-state index in [-0.39, 0.29) is 36.9 Å². The van der Waals surface area contributed by atoms with Crippen LogP contribution in [0.5, 0.6) is 0 Å². The first-order chi connectivity index (χ1) is 11.1. The minimum absolute atomic E-state index is 0. The third-order valence-electron chi connectivity index (χ3n) is 3.83. The topological polar surface area (TPSA) is 15.3 Å². The van der Waals surface area contributed by atoms with Crippen molar-refractivity contribution in [3.05, 3.63) is 47.3 Å². The lowest BCUT2D eigenvalue weighted by atomic mass is 9.95. The zero-order chi connectivity index (χ0) is 18.1. The minimum Gasteiger partial charge on any atom is -0.314 e. The molecule has 0 aromatic heterocycles. The number of hydrogen-bond acceptors (Lipinski definition) is 2. The zero-order valence-electron chi connectivity index (χ0n) is 13.3. The van der Waals surface area contributed by atoms with Gasteiger partial charge in [-0.1, -0.05) is 6.08 Å². The van der Waals surface area contributed by atoms with E-state index in [4.69, 9.17) is 0 Å². The molecule has 2 nitrogen and oxygen atoms in total. The summed E-state index contributed by atoms with van der Waals surface area (Å²) < 4.78 is 92.3. The Hall–Kier alpha value is -1.03. The molecule has 0 radical (unpaired) electrons. The van der Waals surface area contributed by atoms with Gasteiger partial charge >= 0.3 is 12.4 Å². The van der Waals surface area contributed by atoms with Crippen LogP contribution in [-0.2, 0) is 12.4 Å². The molecule has 1 aliphatic heterocycles. The molecule has 1 N–H and O–H groups in total. The summed E-state index contributed by atoms with van der Waals surface area (Å²) >= 11 is 0. The highest BCUT2D eigenvalue weighted by molar-refractivity contribution is 5.85. The minimum atomic E-state index is -5.12. The molecule has 0 aliphatic carbocycles. The molecule has 1 heterocycles. The average molecular weight is 429 g/mol. The average Bonchev–Trinajstić information content (AvgIpc) is 2.48. The van der Waals surface area contributed by atoms with E-state index in [9.17, 15) is 30.7 Å². The zero-order valence-corrected chi connectivity index (χ0v) is 14.9. The van der Waals surface area contributed by atoms with Crippen LogP contribution in [0.4, 0.5) is 30.7 Å². The Bertz CT molecular complexity index is 611. The van der Waals surface area contributed by atoms with Gasteiger partial charge in [-0.25, -0.2) is 4.39 Å². The van der Waals surface area contributed by atoms with Gasteiger partial charge in [0.05, 0.1) is 17.2 Å². The number of alkyl halides is 6. The first-order valence-corrected chi connectivity index (χ1v) is 7.11. The van der Waals surface area contributed by atoms with Crippen molar-refractivity contribution < 1.29 is 30.7 Å². The smallest absolute Gasteiger partial charge is 0.314 e. The monoisotopic (exact) mass is 428 g/mol. The standard InChI is InChI=1S/C15H15F7N2.2ClH/c1-2-12(24-5-3-23-4-6-24)13-10(15(20,21)22)7-9(8-11(13)16)14(17,18)19;;/h2,7-8,12,23H,1,3-6H2;2*1H/t12-;;/m0../s1. The normalized spacial score (nSPS) is 17.0. The first-order valence-electron chi connectivity index (χ1n) is 7.11. The van der Waals surface area contributed by atoms with Crippen molar-refractivity contribution in [3.8, 4) is 0 Å². The van der Waals surface area contributed by atoms with E-state index in [1.165, 1.54) is 0 Å². The van der Waals surface area contributed by atoms with Crippen molar-refractivity contribution in [2.75, 3.05) is 26.2 Å². The number of nitrogens with one attached hydrogen (secondary N) is 1. The van der Waals surface area contributed by atoms with Gasteiger partial charge in [0.1, 0.15) is 5.82 Å². The molecule has 0 unspecified atom stereocenters. The van der Waals surface area contributed by atoms with Crippen LogP contribution in [0.1, 0.15) is 22.7 Å². The molecule has 0 spiro atoms. The molecule has 1 aromatic carbocycles. The van der Waals surface area contributed by atoms with Crippen LogP contribution in [0.25, 0.3) is 0 Å². The predicted molar refractivity (Wildman–Crippen MR) is 88.3 cm³/mol. The second-order valence-electron chi connectivity index (χ2n) is 5.38. The van der Waals surface area contributed by atoms with Gasteiger partial charge in [-0.2, -0.15) is 26.3 Å². The van der Waals surface area contributed by atoms with E-state index in [0.717, 1.165) is 6.08 Å². The fourth-order valence-electron chi connectivity index (χ4n) is 2.73. The maximum atomic E-state index is 14.3. The molecule has 0 bridgehead atoms. The van der Waals surface area contributed by atoms with Gasteiger partial charge in [0, 0.05) is 31.7 Å². The maximum absolute atomic E-state index is 14.3. The Kier molecular flexibility index (Phi) is 8.89. The van der Waals surface area contributed by atoms with Gasteiger partial charge < -0.3 is 5.32 Å². The van der Waals surface area contributed by atoms with Gasteiger partial charge in [0.15, 0.2) is 0 Å². The Balaban J connectivity index is 0.00000312. The van der Waals surface area contributed by atoms with Crippen LogP contribution in [-0.4, -0.2) is 31.1 Å². The number of nitrogens with zero attached hydrogens (tertiary/aromatic N) is 1. The Morgan fingerprint density at radius 3 is 1.96 bits per heavy atom. The Morgan fingerprint density at radius 2 is 1.54 bits per heavy atom. The number of hydrogen-bond donors (Lipinski definition) is 1. The SMILES string of the molecule is C=C[C@@H](c1c(F)cc(C(F)(F)F)cc1C(F)(F)F)N1CCNCC1.Cl.Cl. The molecular weight excluding hydrogens is 412 g/mol. The summed E-state index contributed by atoms with van der Waals surface area (Å²) in [6.45, 7) is 5.05. The quantitative estimate of drug-likeness (QED) is 0.547. The molecule has 150 valence electrons. The van der Waals surface area contributed by atoms with Crippen LogP contribution >= 0.6 is 24.8 Å². The van der Waals surface area contributed by atoms with Gasteiger partial charge in [0.2, 0.25) is 0 Å². The molecule has 0 amide bonds. The van der Waals surface area contributed by atoms with E-state index in [2.05, 4.69) is 11.9 Å². The summed E-state index contributed by atoms with van der Waals surface area (Å²) in [7, 11) is 0. The summed E-state index contributed by atoms with van der Waals surface area (Å²) in [5.74, 6) is -1.54. The number of halogens is 9. The molecule has 1 aliphatic rings. The van der Waals surface area contributed by atoms with Crippen molar-refractivity contribution >= 4 is 24.8 Å². The summed E-state index contributed by atoms with van der Waals surface area (Å²) in [6, 6.07) is -1.11. The van der Waals surface area contributed by atoms with E-state index < -0.39 is 40.9 Å². The number of benzene rings is 1. The molecular formula is C15H17Cl2F7N2. The van der Waals surface area contributed by atoms with Crippen LogP contribution in [0, 0.1) is 5.82 Å². The van der Waals surface area contributed by atoms with Crippen LogP contribution in [0.15, 0.2) is 24.8 Å². The molecule has 26 heavy (non-hydrogen) atoms. The second kappa shape index (κ2) is 9.25. The van der Waals surface area contributed by atoms with E-state index in [0.29, 0.717) is 26.2 Å². The lowest BCUT2D eigenvalue weighted by Gasteiger charge is -2.35. The van der Waals surface area contributed by atoms with Crippen molar-refractivity contribution in [3.63, 3.8) is 0 Å². The third kappa shape index (κ3) is 5.48. The molecule has 1 saturated heterocycles. The van der Waals surface area contributed by atoms with E-state index in [1.54, 1.807) is 4.90 Å². The van der Waals surface area contributed by atoms with E-state index in [1.807, 2.05) is 0 Å². The third-order valence-corrected chi connectivity index (χ3v) is 3.83. The summed E-state index contributed by atoms with van der Waals surface area (Å²) in [4.78, 5) is 1.55. The fourth-order valence-corrected chi connectivity index (χ4v) is 2.73. The Labute approximate surface area is 158 Å². The number of piperazine rings is 1. The largest absolute Gasteiger partial charge is 0.416 e. The van der Waals surface area contributed by atoms with Crippen molar-refractivity contribution in [2.24, 2.45) is 0 Å². The van der Waals surface area contributed by atoms with Gasteiger partial charge in [-0.15, -0.1) is 31.4 Å². The molecule has 1 aromatic rings. The van der Waals surface area contributed by atoms with Gasteiger partial charge in [-0.05, 0) is 12.1 Å². The molecule has 11 heteroatoms. The van der Waals surface area contributed by atoms with Gasteiger partial charge in [-0.3, -0.25) is 4.90 Å². The summed E-state index contributed by atoms with van der Waals surface area (Å²) in [5, 5.41) is 2.99. The fraction of sp³-hybridized carbons (Fsp3) is 0.467. The van der Waals surface area contributed by atoms with E-state index >= 15 is 0 Å². The van der Waals surface area contributed by atoms with Crippen molar-refractivity contribution in [2.45, 2.75) is 18.4 Å².